The molecule has 2 heterocycles. The summed E-state index contributed by atoms with van der Waals surface area (Å²) in [6.45, 7) is 12.4. The lowest BCUT2D eigenvalue weighted by molar-refractivity contribution is 0.0941. The molecule has 120 valence electrons. The van der Waals surface area contributed by atoms with Gasteiger partial charge in [0.15, 0.2) is 5.65 Å². The van der Waals surface area contributed by atoms with Crippen LogP contribution in [0.25, 0.3) is 11.0 Å². The molecule has 0 fully saturated rings. The second kappa shape index (κ2) is 6.46. The van der Waals surface area contributed by atoms with Crippen LogP contribution in [0.1, 0.15) is 76.0 Å². The van der Waals surface area contributed by atoms with E-state index < -0.39 is 0 Å². The van der Waals surface area contributed by atoms with Crippen molar-refractivity contribution in [3.63, 3.8) is 0 Å². The first-order chi connectivity index (χ1) is 10.3. The maximum atomic E-state index is 12.6. The Bertz CT molecular complexity index is 673. The Morgan fingerprint density at radius 2 is 1.95 bits per heavy atom. The van der Waals surface area contributed by atoms with Crippen molar-refractivity contribution < 1.29 is 4.79 Å². The Labute approximate surface area is 132 Å². The van der Waals surface area contributed by atoms with Crippen LogP contribution in [0.4, 0.5) is 0 Å². The monoisotopic (exact) mass is 302 g/mol. The average Bonchev–Trinajstić information content (AvgIpc) is 2.89. The Balaban J connectivity index is 2.59. The van der Waals surface area contributed by atoms with E-state index in [1.54, 1.807) is 6.20 Å². The zero-order valence-electron chi connectivity index (χ0n) is 14.3. The maximum absolute atomic E-state index is 12.6. The van der Waals surface area contributed by atoms with Gasteiger partial charge in [-0.1, -0.05) is 20.8 Å². The number of rotatable bonds is 5. The number of carbonyl (C=O) groups is 1. The molecule has 2 aromatic rings. The summed E-state index contributed by atoms with van der Waals surface area (Å²) >= 11 is 0. The van der Waals surface area contributed by atoms with Gasteiger partial charge in [-0.2, -0.15) is 5.10 Å². The Kier molecular flexibility index (Phi) is 4.84. The van der Waals surface area contributed by atoms with Crippen molar-refractivity contribution in [1.82, 2.24) is 20.1 Å². The van der Waals surface area contributed by atoms with Crippen LogP contribution >= 0.6 is 0 Å². The minimum absolute atomic E-state index is 0.0491. The summed E-state index contributed by atoms with van der Waals surface area (Å²) in [5.74, 6) is 0.210. The number of hydrogen-bond donors (Lipinski definition) is 1. The molecule has 5 nitrogen and oxygen atoms in total. The van der Waals surface area contributed by atoms with E-state index in [4.69, 9.17) is 4.98 Å². The zero-order valence-corrected chi connectivity index (χ0v) is 14.3. The number of pyridine rings is 1. The molecular weight excluding hydrogens is 276 g/mol. The lowest BCUT2D eigenvalue weighted by Gasteiger charge is -2.14. The molecule has 0 saturated heterocycles. The molecule has 1 amide bonds. The highest BCUT2D eigenvalue weighted by Gasteiger charge is 2.19. The molecule has 0 aliphatic carbocycles. The van der Waals surface area contributed by atoms with E-state index in [-0.39, 0.29) is 23.9 Å². The molecule has 0 bridgehead atoms. The van der Waals surface area contributed by atoms with Crippen LogP contribution in [-0.2, 0) is 0 Å². The molecule has 22 heavy (non-hydrogen) atoms. The fourth-order valence-corrected chi connectivity index (χ4v) is 2.30. The number of nitrogens with one attached hydrogen (secondary N) is 1. The fraction of sp³-hybridized carbons (Fsp3) is 0.588. The van der Waals surface area contributed by atoms with E-state index in [0.717, 1.165) is 23.1 Å². The highest BCUT2D eigenvalue weighted by molar-refractivity contribution is 6.05. The minimum atomic E-state index is -0.0491. The van der Waals surface area contributed by atoms with Crippen molar-refractivity contribution >= 4 is 16.9 Å². The molecule has 2 rings (SSSR count). The van der Waals surface area contributed by atoms with Crippen LogP contribution in [0.2, 0.25) is 0 Å². The fourth-order valence-electron chi connectivity index (χ4n) is 2.30. The number of hydrogen-bond acceptors (Lipinski definition) is 3. The molecule has 0 unspecified atom stereocenters. The predicted molar refractivity (Wildman–Crippen MR) is 89.2 cm³/mol. The van der Waals surface area contributed by atoms with Crippen molar-refractivity contribution in [2.75, 3.05) is 0 Å². The van der Waals surface area contributed by atoms with E-state index in [1.807, 2.05) is 17.7 Å². The second-order valence-corrected chi connectivity index (χ2v) is 6.45. The normalized spacial score (nSPS) is 13.1. The van der Waals surface area contributed by atoms with Crippen LogP contribution < -0.4 is 5.32 Å². The first-order valence-corrected chi connectivity index (χ1v) is 8.04. The number of nitrogens with zero attached hydrogens (tertiary/aromatic N) is 3. The van der Waals surface area contributed by atoms with Gasteiger partial charge in [-0.25, -0.2) is 9.67 Å². The minimum Gasteiger partial charge on any atom is -0.350 e. The summed E-state index contributed by atoms with van der Waals surface area (Å²) < 4.78 is 1.88. The zero-order chi connectivity index (χ0) is 16.4. The van der Waals surface area contributed by atoms with Crippen LogP contribution in [-0.4, -0.2) is 26.7 Å². The van der Waals surface area contributed by atoms with Gasteiger partial charge in [0.2, 0.25) is 0 Å². The second-order valence-electron chi connectivity index (χ2n) is 6.45. The molecule has 0 aliphatic heterocycles. The van der Waals surface area contributed by atoms with Crippen molar-refractivity contribution in [3.8, 4) is 0 Å². The van der Waals surface area contributed by atoms with Gasteiger partial charge in [0.1, 0.15) is 0 Å². The van der Waals surface area contributed by atoms with E-state index >= 15 is 0 Å². The third-order valence-electron chi connectivity index (χ3n) is 3.90. The maximum Gasteiger partial charge on any atom is 0.252 e. The lowest BCUT2D eigenvalue weighted by atomic mass is 10.0. The number of carbonyl (C=O) groups excluding carboxylic acids is 1. The smallest absolute Gasteiger partial charge is 0.252 e. The average molecular weight is 302 g/mol. The topological polar surface area (TPSA) is 59.8 Å². The predicted octanol–water partition coefficient (Wildman–Crippen LogP) is 3.66. The van der Waals surface area contributed by atoms with Gasteiger partial charge >= 0.3 is 0 Å². The summed E-state index contributed by atoms with van der Waals surface area (Å²) in [6.07, 6.45) is 2.65. The summed E-state index contributed by atoms with van der Waals surface area (Å²) in [5, 5.41) is 8.27. The van der Waals surface area contributed by atoms with Gasteiger partial charge < -0.3 is 5.32 Å². The first-order valence-electron chi connectivity index (χ1n) is 8.04. The molecule has 0 saturated carbocycles. The number of aromatic nitrogens is 3. The van der Waals surface area contributed by atoms with Gasteiger partial charge in [-0.15, -0.1) is 0 Å². The summed E-state index contributed by atoms with van der Waals surface area (Å²) in [6, 6.07) is 2.26. The van der Waals surface area contributed by atoms with E-state index in [1.165, 1.54) is 0 Å². The molecule has 1 atom stereocenters. The first kappa shape index (κ1) is 16.5. The SMILES string of the molecule is CC[C@H](C)NC(=O)c1cc(C(C)C)nc2c1cnn2C(C)C. The summed E-state index contributed by atoms with van der Waals surface area (Å²) in [5.41, 5.74) is 2.38. The van der Waals surface area contributed by atoms with Crippen LogP contribution in [0.3, 0.4) is 0 Å². The lowest BCUT2D eigenvalue weighted by Crippen LogP contribution is -2.32. The molecule has 0 aliphatic rings. The largest absolute Gasteiger partial charge is 0.350 e. The number of fused-ring (bicyclic) bond motifs is 1. The van der Waals surface area contributed by atoms with Crippen LogP contribution in [0.5, 0.6) is 0 Å². The van der Waals surface area contributed by atoms with Crippen LogP contribution in [0, 0.1) is 0 Å². The Morgan fingerprint density at radius 1 is 1.27 bits per heavy atom. The van der Waals surface area contributed by atoms with Crippen molar-refractivity contribution in [2.45, 2.75) is 66.0 Å². The van der Waals surface area contributed by atoms with Crippen molar-refractivity contribution in [2.24, 2.45) is 0 Å². The third-order valence-corrected chi connectivity index (χ3v) is 3.90. The number of amides is 1. The summed E-state index contributed by atoms with van der Waals surface area (Å²) in [7, 11) is 0. The molecule has 5 heteroatoms. The molecule has 0 aromatic carbocycles. The molecule has 0 radical (unpaired) electrons. The Morgan fingerprint density at radius 3 is 2.50 bits per heavy atom. The standard InChI is InChI=1S/C17H26N4O/c1-7-12(6)19-17(22)13-8-15(10(2)3)20-16-14(13)9-18-21(16)11(4)5/h8-12H,7H2,1-6H3,(H,19,22)/t12-/m0/s1. The highest BCUT2D eigenvalue weighted by Crippen LogP contribution is 2.24. The molecular formula is C17H26N4O. The molecule has 0 spiro atoms. The Hall–Kier alpha value is -1.91. The van der Waals surface area contributed by atoms with Gasteiger partial charge in [0, 0.05) is 17.8 Å². The summed E-state index contributed by atoms with van der Waals surface area (Å²) in [4.78, 5) is 17.3. The van der Waals surface area contributed by atoms with Gasteiger partial charge in [0.25, 0.3) is 5.91 Å². The molecule has 2 aromatic heterocycles. The van der Waals surface area contributed by atoms with Crippen molar-refractivity contribution in [3.05, 3.63) is 23.5 Å². The van der Waals surface area contributed by atoms with E-state index in [0.29, 0.717) is 5.56 Å². The quantitative estimate of drug-likeness (QED) is 0.917. The van der Waals surface area contributed by atoms with Gasteiger partial charge in [-0.05, 0) is 39.2 Å². The van der Waals surface area contributed by atoms with Gasteiger partial charge in [-0.3, -0.25) is 4.79 Å². The van der Waals surface area contributed by atoms with Crippen molar-refractivity contribution in [1.29, 1.82) is 0 Å². The van der Waals surface area contributed by atoms with E-state index in [2.05, 4.69) is 45.0 Å². The van der Waals surface area contributed by atoms with Crippen LogP contribution in [0.15, 0.2) is 12.3 Å². The van der Waals surface area contributed by atoms with Gasteiger partial charge in [0.05, 0.1) is 17.1 Å². The van der Waals surface area contributed by atoms with E-state index in [9.17, 15) is 4.79 Å². The highest BCUT2D eigenvalue weighted by atomic mass is 16.1. The third kappa shape index (κ3) is 3.13. The molecule has 1 N–H and O–H groups in total.